The summed E-state index contributed by atoms with van der Waals surface area (Å²) in [5.74, 6) is 0.338. The molecule has 1 aromatic carbocycles. The van der Waals surface area contributed by atoms with E-state index in [2.05, 4.69) is 47.6 Å². The Labute approximate surface area is 152 Å². The number of benzene rings is 1. The first-order valence-electron chi connectivity index (χ1n) is 8.54. The van der Waals surface area contributed by atoms with Gasteiger partial charge in [-0.1, -0.05) is 23.9 Å². The Kier molecular flexibility index (Phi) is 6.04. The van der Waals surface area contributed by atoms with Crippen LogP contribution in [0.15, 0.2) is 35.4 Å². The largest absolute Gasteiger partial charge is 0.376 e. The number of amides is 1. The maximum atomic E-state index is 11.9. The molecule has 1 aliphatic heterocycles. The molecular formula is C19H23N3O2S. The van der Waals surface area contributed by atoms with E-state index in [1.54, 1.807) is 0 Å². The molecule has 1 fully saturated rings. The third-order valence-corrected chi connectivity index (χ3v) is 5.26. The zero-order chi connectivity index (χ0) is 17.6. The zero-order valence-corrected chi connectivity index (χ0v) is 15.4. The van der Waals surface area contributed by atoms with Crippen molar-refractivity contribution in [1.82, 2.24) is 15.5 Å². The van der Waals surface area contributed by atoms with Crippen LogP contribution in [0.2, 0.25) is 0 Å². The van der Waals surface area contributed by atoms with Crippen LogP contribution in [0.25, 0.3) is 11.3 Å². The Morgan fingerprint density at radius 1 is 1.24 bits per heavy atom. The lowest BCUT2D eigenvalue weighted by Crippen LogP contribution is -2.32. The zero-order valence-electron chi connectivity index (χ0n) is 14.6. The Balaban J connectivity index is 1.50. The summed E-state index contributed by atoms with van der Waals surface area (Å²) in [6.07, 6.45) is 2.28. The summed E-state index contributed by atoms with van der Waals surface area (Å²) in [4.78, 5) is 11.9. The Morgan fingerprint density at radius 2 is 2.12 bits per heavy atom. The number of ether oxygens (including phenoxy) is 1. The lowest BCUT2D eigenvalue weighted by molar-refractivity contribution is -0.119. The molecule has 25 heavy (non-hydrogen) atoms. The highest BCUT2D eigenvalue weighted by molar-refractivity contribution is 7.99. The van der Waals surface area contributed by atoms with Crippen molar-refractivity contribution in [2.45, 2.75) is 37.8 Å². The Hall–Kier alpha value is -1.92. The molecule has 0 aliphatic carbocycles. The normalized spacial score (nSPS) is 16.8. The first kappa shape index (κ1) is 17.9. The molecular weight excluding hydrogens is 334 g/mol. The summed E-state index contributed by atoms with van der Waals surface area (Å²) in [5.41, 5.74) is 4.40. The molecule has 2 heterocycles. The van der Waals surface area contributed by atoms with Crippen LogP contribution in [0.1, 0.15) is 24.0 Å². The molecule has 0 spiro atoms. The van der Waals surface area contributed by atoms with Crippen LogP contribution in [0, 0.1) is 13.8 Å². The van der Waals surface area contributed by atoms with E-state index in [4.69, 9.17) is 4.74 Å². The van der Waals surface area contributed by atoms with Crippen molar-refractivity contribution in [2.24, 2.45) is 0 Å². The summed E-state index contributed by atoms with van der Waals surface area (Å²) >= 11 is 1.39. The van der Waals surface area contributed by atoms with E-state index >= 15 is 0 Å². The van der Waals surface area contributed by atoms with E-state index in [9.17, 15) is 4.79 Å². The molecule has 1 aromatic heterocycles. The third kappa shape index (κ3) is 5.03. The van der Waals surface area contributed by atoms with Gasteiger partial charge in [0.2, 0.25) is 5.91 Å². The van der Waals surface area contributed by atoms with Crippen LogP contribution in [-0.2, 0) is 9.53 Å². The molecule has 6 heteroatoms. The summed E-state index contributed by atoms with van der Waals surface area (Å²) < 4.78 is 5.49. The molecule has 1 saturated heterocycles. The van der Waals surface area contributed by atoms with Crippen molar-refractivity contribution in [2.75, 3.05) is 18.9 Å². The smallest absolute Gasteiger partial charge is 0.230 e. The van der Waals surface area contributed by atoms with Crippen LogP contribution in [0.3, 0.4) is 0 Å². The quantitative estimate of drug-likeness (QED) is 0.805. The second-order valence-corrected chi connectivity index (χ2v) is 7.28. The molecule has 3 rings (SSSR count). The van der Waals surface area contributed by atoms with Crippen molar-refractivity contribution in [1.29, 1.82) is 0 Å². The molecule has 0 bridgehead atoms. The summed E-state index contributed by atoms with van der Waals surface area (Å²) in [6, 6.07) is 10.1. The van der Waals surface area contributed by atoms with Gasteiger partial charge in [0.1, 0.15) is 5.03 Å². The highest BCUT2D eigenvalue weighted by Crippen LogP contribution is 2.22. The van der Waals surface area contributed by atoms with Crippen LogP contribution in [-0.4, -0.2) is 41.1 Å². The molecule has 0 unspecified atom stereocenters. The van der Waals surface area contributed by atoms with Crippen LogP contribution < -0.4 is 5.32 Å². The standard InChI is InChI=1S/C19H23N3O2S/c1-13-5-6-15(10-14(13)2)17-7-8-19(22-21-17)25-12-18(23)20-11-16-4-3-9-24-16/h5-8,10,16H,3-4,9,11-12H2,1-2H3,(H,20,23)/t16-/m1/s1. The van der Waals surface area contributed by atoms with Gasteiger partial charge in [0.05, 0.1) is 17.6 Å². The summed E-state index contributed by atoms with van der Waals surface area (Å²) in [5, 5.41) is 12.2. The number of hydrogen-bond donors (Lipinski definition) is 1. The molecule has 1 amide bonds. The molecule has 0 saturated carbocycles. The fraction of sp³-hybridized carbons (Fsp3) is 0.421. The minimum Gasteiger partial charge on any atom is -0.376 e. The van der Waals surface area contributed by atoms with Gasteiger partial charge in [0.25, 0.3) is 0 Å². The number of nitrogens with zero attached hydrogens (tertiary/aromatic N) is 2. The SMILES string of the molecule is Cc1ccc(-c2ccc(SCC(=O)NC[C@H]3CCCO3)nn2)cc1C. The van der Waals surface area contributed by atoms with Crippen LogP contribution in [0.4, 0.5) is 0 Å². The predicted octanol–water partition coefficient (Wildman–Crippen LogP) is 3.15. The highest BCUT2D eigenvalue weighted by atomic mass is 32.2. The second-order valence-electron chi connectivity index (χ2n) is 6.28. The highest BCUT2D eigenvalue weighted by Gasteiger charge is 2.16. The predicted molar refractivity (Wildman–Crippen MR) is 99.6 cm³/mol. The van der Waals surface area contributed by atoms with Crippen molar-refractivity contribution >= 4 is 17.7 Å². The van der Waals surface area contributed by atoms with E-state index in [0.29, 0.717) is 12.3 Å². The number of nitrogens with one attached hydrogen (secondary N) is 1. The minimum absolute atomic E-state index is 0.000496. The molecule has 1 N–H and O–H groups in total. The first-order valence-corrected chi connectivity index (χ1v) is 9.53. The van der Waals surface area contributed by atoms with Crippen molar-refractivity contribution < 1.29 is 9.53 Å². The second kappa shape index (κ2) is 8.45. The lowest BCUT2D eigenvalue weighted by atomic mass is 10.0. The van der Waals surface area contributed by atoms with Crippen LogP contribution in [0.5, 0.6) is 0 Å². The van der Waals surface area contributed by atoms with Gasteiger partial charge in [-0.15, -0.1) is 10.2 Å². The average Bonchev–Trinajstić information content (AvgIpc) is 3.14. The van der Waals surface area contributed by atoms with E-state index in [1.165, 1.54) is 22.9 Å². The first-order chi connectivity index (χ1) is 12.1. The number of carbonyl (C=O) groups excluding carboxylic acids is 1. The van der Waals surface area contributed by atoms with Gasteiger partial charge >= 0.3 is 0 Å². The maximum Gasteiger partial charge on any atom is 0.230 e. The van der Waals surface area contributed by atoms with E-state index < -0.39 is 0 Å². The fourth-order valence-electron chi connectivity index (χ4n) is 2.68. The van der Waals surface area contributed by atoms with Crippen LogP contribution >= 0.6 is 11.8 Å². The Morgan fingerprint density at radius 3 is 2.80 bits per heavy atom. The van der Waals surface area contributed by atoms with Gasteiger partial charge in [0.15, 0.2) is 0 Å². The molecule has 0 radical (unpaired) electrons. The van der Waals surface area contributed by atoms with Gasteiger partial charge in [-0.05, 0) is 56.0 Å². The van der Waals surface area contributed by atoms with Gasteiger partial charge in [-0.25, -0.2) is 0 Å². The van der Waals surface area contributed by atoms with Gasteiger partial charge in [-0.2, -0.15) is 0 Å². The van der Waals surface area contributed by atoms with Gasteiger partial charge in [-0.3, -0.25) is 4.79 Å². The van der Waals surface area contributed by atoms with Gasteiger partial charge < -0.3 is 10.1 Å². The number of carbonyl (C=O) groups is 1. The van der Waals surface area contributed by atoms with E-state index in [1.807, 2.05) is 12.1 Å². The topological polar surface area (TPSA) is 64.1 Å². The van der Waals surface area contributed by atoms with Crippen molar-refractivity contribution in [3.8, 4) is 11.3 Å². The van der Waals surface area contributed by atoms with Crippen molar-refractivity contribution in [3.05, 3.63) is 41.5 Å². The molecule has 5 nitrogen and oxygen atoms in total. The fourth-order valence-corrected chi connectivity index (χ4v) is 3.32. The number of thioether (sulfide) groups is 1. The maximum absolute atomic E-state index is 11.9. The number of aryl methyl sites for hydroxylation is 2. The monoisotopic (exact) mass is 357 g/mol. The average molecular weight is 357 g/mol. The third-order valence-electron chi connectivity index (χ3n) is 4.34. The summed E-state index contributed by atoms with van der Waals surface area (Å²) in [7, 11) is 0. The van der Waals surface area contributed by atoms with Crippen molar-refractivity contribution in [3.63, 3.8) is 0 Å². The minimum atomic E-state index is 0.000496. The summed E-state index contributed by atoms with van der Waals surface area (Å²) in [6.45, 7) is 5.58. The number of rotatable bonds is 6. The molecule has 1 aliphatic rings. The molecule has 2 aromatic rings. The number of hydrogen-bond acceptors (Lipinski definition) is 5. The molecule has 1 atom stereocenters. The molecule has 132 valence electrons. The lowest BCUT2D eigenvalue weighted by Gasteiger charge is -2.10. The van der Waals surface area contributed by atoms with Gasteiger partial charge in [0, 0.05) is 18.7 Å². The number of aromatic nitrogens is 2. The van der Waals surface area contributed by atoms with E-state index in [0.717, 1.165) is 35.7 Å². The Bertz CT molecular complexity index is 728. The van der Waals surface area contributed by atoms with E-state index in [-0.39, 0.29) is 12.0 Å².